The lowest BCUT2D eigenvalue weighted by Gasteiger charge is -2.26. The fourth-order valence-corrected chi connectivity index (χ4v) is 6.96. The summed E-state index contributed by atoms with van der Waals surface area (Å²) in [6.45, 7) is 0. The Morgan fingerprint density at radius 1 is 0.354 bits per heavy atom. The van der Waals surface area contributed by atoms with Crippen LogP contribution in [0.5, 0.6) is 0 Å². The third-order valence-electron chi connectivity index (χ3n) is 9.24. The molecule has 0 spiro atoms. The smallest absolute Gasteiger partial charge is 0.143 e. The largest absolute Gasteiger partial charge is 0.455 e. The Bertz CT molecular complexity index is 2560. The molecule has 0 aliphatic heterocycles. The average molecular weight is 614 g/mol. The van der Waals surface area contributed by atoms with Gasteiger partial charge in [0.25, 0.3) is 0 Å². The quantitative estimate of drug-likeness (QED) is 0.185. The number of rotatable bonds is 6. The Morgan fingerprint density at radius 2 is 0.979 bits per heavy atom. The Morgan fingerprint density at radius 3 is 1.83 bits per heavy atom. The van der Waals surface area contributed by atoms with E-state index in [0.29, 0.717) is 0 Å². The van der Waals surface area contributed by atoms with E-state index in [1.807, 2.05) is 12.1 Å². The van der Waals surface area contributed by atoms with Crippen LogP contribution in [-0.4, -0.2) is 0 Å². The molecule has 0 N–H and O–H groups in total. The maximum atomic E-state index is 6.62. The molecule has 0 saturated carbocycles. The van der Waals surface area contributed by atoms with E-state index in [1.165, 1.54) is 32.7 Å². The second-order valence-corrected chi connectivity index (χ2v) is 12.2. The van der Waals surface area contributed by atoms with Gasteiger partial charge in [-0.05, 0) is 80.7 Å². The van der Waals surface area contributed by atoms with Gasteiger partial charge in [0.1, 0.15) is 11.3 Å². The van der Waals surface area contributed by atoms with E-state index >= 15 is 0 Å². The molecule has 9 rings (SSSR count). The van der Waals surface area contributed by atoms with Crippen LogP contribution in [0.3, 0.4) is 0 Å². The van der Waals surface area contributed by atoms with E-state index in [4.69, 9.17) is 4.42 Å². The minimum Gasteiger partial charge on any atom is -0.455 e. The van der Waals surface area contributed by atoms with Gasteiger partial charge >= 0.3 is 0 Å². The van der Waals surface area contributed by atoms with Gasteiger partial charge in [-0.2, -0.15) is 0 Å². The summed E-state index contributed by atoms with van der Waals surface area (Å²) in [7, 11) is 0. The molecule has 0 atom stereocenters. The summed E-state index contributed by atoms with van der Waals surface area (Å²) in [4.78, 5) is 2.34. The molecule has 9 aromatic rings. The summed E-state index contributed by atoms with van der Waals surface area (Å²) in [6, 6.07) is 66.8. The average Bonchev–Trinajstić information content (AvgIpc) is 3.55. The summed E-state index contributed by atoms with van der Waals surface area (Å²) in [5.41, 5.74) is 9.82. The van der Waals surface area contributed by atoms with Crippen molar-refractivity contribution in [2.24, 2.45) is 0 Å². The van der Waals surface area contributed by atoms with Crippen LogP contribution < -0.4 is 4.90 Å². The molecule has 0 aliphatic rings. The highest BCUT2D eigenvalue weighted by Gasteiger charge is 2.20. The monoisotopic (exact) mass is 613 g/mol. The van der Waals surface area contributed by atoms with Gasteiger partial charge < -0.3 is 9.32 Å². The predicted octanol–water partition coefficient (Wildman–Crippen LogP) is 13.2. The van der Waals surface area contributed by atoms with Crippen LogP contribution in [0, 0.1) is 0 Å². The van der Waals surface area contributed by atoms with Gasteiger partial charge in [-0.3, -0.25) is 0 Å². The van der Waals surface area contributed by atoms with E-state index in [1.54, 1.807) is 0 Å². The summed E-state index contributed by atoms with van der Waals surface area (Å²) in [6.07, 6.45) is 0. The van der Waals surface area contributed by atoms with Crippen LogP contribution in [0.4, 0.5) is 17.1 Å². The Labute approximate surface area is 279 Å². The molecule has 0 aliphatic carbocycles. The Balaban J connectivity index is 1.20. The van der Waals surface area contributed by atoms with Gasteiger partial charge in [0.2, 0.25) is 0 Å². The summed E-state index contributed by atoms with van der Waals surface area (Å²) < 4.78 is 6.62. The molecular formula is C46H31NO. The predicted molar refractivity (Wildman–Crippen MR) is 202 cm³/mol. The minimum absolute atomic E-state index is 0.869. The van der Waals surface area contributed by atoms with E-state index in [9.17, 15) is 0 Å². The van der Waals surface area contributed by atoms with Gasteiger partial charge in [-0.15, -0.1) is 0 Å². The molecule has 0 unspecified atom stereocenters. The third kappa shape index (κ3) is 4.92. The van der Waals surface area contributed by atoms with Gasteiger partial charge in [0.15, 0.2) is 0 Å². The number of benzene rings is 8. The van der Waals surface area contributed by atoms with Gasteiger partial charge in [0, 0.05) is 33.6 Å². The molecule has 48 heavy (non-hydrogen) atoms. The molecule has 0 radical (unpaired) electrons. The molecule has 0 fully saturated rings. The molecule has 8 aromatic carbocycles. The number of fused-ring (bicyclic) bond motifs is 3. The first kappa shape index (κ1) is 27.9. The van der Waals surface area contributed by atoms with Crippen LogP contribution >= 0.6 is 0 Å². The zero-order valence-electron chi connectivity index (χ0n) is 26.3. The lowest BCUT2D eigenvalue weighted by molar-refractivity contribution is 0.632. The van der Waals surface area contributed by atoms with Crippen LogP contribution in [-0.2, 0) is 0 Å². The zero-order chi connectivity index (χ0) is 31.9. The van der Waals surface area contributed by atoms with Crippen molar-refractivity contribution in [2.45, 2.75) is 0 Å². The van der Waals surface area contributed by atoms with Gasteiger partial charge in [-0.1, -0.05) is 146 Å². The molecule has 0 amide bonds. The number of furan rings is 1. The first-order chi connectivity index (χ1) is 23.8. The highest BCUT2D eigenvalue weighted by atomic mass is 16.3. The molecular weight excluding hydrogens is 583 g/mol. The second-order valence-electron chi connectivity index (χ2n) is 12.2. The van der Waals surface area contributed by atoms with E-state index in [2.05, 4.69) is 181 Å². The van der Waals surface area contributed by atoms with Gasteiger partial charge in [-0.25, -0.2) is 0 Å². The second kappa shape index (κ2) is 11.8. The van der Waals surface area contributed by atoms with Crippen molar-refractivity contribution in [3.8, 4) is 33.6 Å². The molecule has 226 valence electrons. The highest BCUT2D eigenvalue weighted by molar-refractivity contribution is 6.02. The van der Waals surface area contributed by atoms with Crippen LogP contribution in [0.25, 0.3) is 66.1 Å². The maximum absolute atomic E-state index is 6.62. The molecule has 2 heteroatoms. The first-order valence-corrected chi connectivity index (χ1v) is 16.3. The summed E-state index contributed by atoms with van der Waals surface area (Å²) in [5, 5.41) is 6.03. The molecule has 0 bridgehead atoms. The Kier molecular flexibility index (Phi) is 6.84. The van der Waals surface area contributed by atoms with Crippen LogP contribution in [0.15, 0.2) is 192 Å². The van der Waals surface area contributed by atoms with Crippen molar-refractivity contribution in [1.29, 1.82) is 0 Å². The summed E-state index contributed by atoms with van der Waals surface area (Å²) in [5.74, 6) is 0.869. The first-order valence-electron chi connectivity index (χ1n) is 16.3. The van der Waals surface area contributed by atoms with Crippen LogP contribution in [0.1, 0.15) is 0 Å². The minimum atomic E-state index is 0.869. The maximum Gasteiger partial charge on any atom is 0.143 e. The molecule has 2 nitrogen and oxygen atoms in total. The fourth-order valence-electron chi connectivity index (χ4n) is 6.96. The number of hydrogen-bond donors (Lipinski definition) is 0. The van der Waals surface area contributed by atoms with E-state index in [0.717, 1.165) is 50.5 Å². The highest BCUT2D eigenvalue weighted by Crippen LogP contribution is 2.44. The van der Waals surface area contributed by atoms with Crippen molar-refractivity contribution in [3.63, 3.8) is 0 Å². The fraction of sp³-hybridized carbons (Fsp3) is 0. The lowest BCUT2D eigenvalue weighted by Crippen LogP contribution is -2.10. The van der Waals surface area contributed by atoms with Crippen molar-refractivity contribution < 1.29 is 4.42 Å². The van der Waals surface area contributed by atoms with Crippen molar-refractivity contribution >= 4 is 49.6 Å². The lowest BCUT2D eigenvalue weighted by atomic mass is 9.97. The standard InChI is InChI=1S/C46H31NO/c1-2-14-35(15-3-1)45-43-21-8-9-23-44(43)48-46(45)37-18-10-19-39(31-37)47(40-29-24-32-12-4-5-16-36(32)30-40)38-27-25-34(26-28-38)42-22-11-17-33-13-6-7-20-41(33)42/h1-31H. The summed E-state index contributed by atoms with van der Waals surface area (Å²) >= 11 is 0. The SMILES string of the molecule is c1ccc(-c2c(-c3cccc(N(c4ccc(-c5cccc6ccccc56)cc4)c4ccc5ccccc5c4)c3)oc3ccccc23)cc1. The normalized spacial score (nSPS) is 11.3. The molecule has 0 saturated heterocycles. The van der Waals surface area contributed by atoms with Crippen LogP contribution in [0.2, 0.25) is 0 Å². The number of hydrogen-bond acceptors (Lipinski definition) is 2. The van der Waals surface area contributed by atoms with Crippen molar-refractivity contribution in [2.75, 3.05) is 4.90 Å². The van der Waals surface area contributed by atoms with Crippen molar-refractivity contribution in [3.05, 3.63) is 188 Å². The molecule has 1 aromatic heterocycles. The van der Waals surface area contributed by atoms with Crippen molar-refractivity contribution in [1.82, 2.24) is 0 Å². The molecule has 1 heterocycles. The Hall–Kier alpha value is -6.38. The number of para-hydroxylation sites is 1. The van der Waals surface area contributed by atoms with Gasteiger partial charge in [0.05, 0.1) is 0 Å². The number of anilines is 3. The number of nitrogens with zero attached hydrogens (tertiary/aromatic N) is 1. The zero-order valence-corrected chi connectivity index (χ0v) is 26.3. The van der Waals surface area contributed by atoms with E-state index in [-0.39, 0.29) is 0 Å². The topological polar surface area (TPSA) is 16.4 Å². The van der Waals surface area contributed by atoms with E-state index < -0.39 is 0 Å². The third-order valence-corrected chi connectivity index (χ3v) is 9.24.